The van der Waals surface area contributed by atoms with Gasteiger partial charge in [-0.25, -0.2) is 0 Å². The van der Waals surface area contributed by atoms with Gasteiger partial charge in [-0.3, -0.25) is 9.36 Å². The number of aromatic nitrogens is 4. The average molecular weight is 432 g/mol. The van der Waals surface area contributed by atoms with Crippen molar-refractivity contribution in [3.05, 3.63) is 89.5 Å². The second kappa shape index (κ2) is 9.22. The Morgan fingerprint density at radius 2 is 1.81 bits per heavy atom. The summed E-state index contributed by atoms with van der Waals surface area (Å²) in [7, 11) is 2.02. The molecule has 0 saturated heterocycles. The third kappa shape index (κ3) is 5.06. The SMILES string of the molecule is Cc1ccc(-n2c(Cc3cccn3C)nnc2SCC(=O)Nc2cccc(C)c2)cc1. The number of hydrogen-bond acceptors (Lipinski definition) is 4. The molecule has 4 rings (SSSR count). The molecule has 158 valence electrons. The highest BCUT2D eigenvalue weighted by Crippen LogP contribution is 2.24. The number of rotatable bonds is 7. The third-order valence-corrected chi connectivity index (χ3v) is 5.95. The van der Waals surface area contributed by atoms with Crippen molar-refractivity contribution in [2.24, 2.45) is 7.05 Å². The van der Waals surface area contributed by atoms with E-state index >= 15 is 0 Å². The number of thioether (sulfide) groups is 1. The lowest BCUT2D eigenvalue weighted by Gasteiger charge is -2.11. The maximum atomic E-state index is 12.5. The summed E-state index contributed by atoms with van der Waals surface area (Å²) < 4.78 is 4.12. The highest BCUT2D eigenvalue weighted by Gasteiger charge is 2.17. The van der Waals surface area contributed by atoms with E-state index in [0.29, 0.717) is 11.6 Å². The lowest BCUT2D eigenvalue weighted by Crippen LogP contribution is -2.14. The van der Waals surface area contributed by atoms with Crippen LogP contribution in [0.25, 0.3) is 5.69 Å². The van der Waals surface area contributed by atoms with Crippen LogP contribution in [-0.2, 0) is 18.3 Å². The Morgan fingerprint density at radius 1 is 1.00 bits per heavy atom. The fourth-order valence-corrected chi connectivity index (χ4v) is 4.12. The first-order valence-electron chi connectivity index (χ1n) is 10.1. The smallest absolute Gasteiger partial charge is 0.234 e. The predicted molar refractivity (Wildman–Crippen MR) is 125 cm³/mol. The Labute approximate surface area is 186 Å². The molecule has 2 heterocycles. The quantitative estimate of drug-likeness (QED) is 0.436. The molecule has 6 nitrogen and oxygen atoms in total. The van der Waals surface area contributed by atoms with Gasteiger partial charge in [0.1, 0.15) is 5.82 Å². The van der Waals surface area contributed by atoms with Crippen molar-refractivity contribution in [1.82, 2.24) is 19.3 Å². The Hall–Kier alpha value is -3.32. The molecule has 1 amide bonds. The standard InChI is InChI=1S/C24H25N5OS/c1-17-9-11-20(12-10-17)29-22(15-21-8-5-13-28(21)3)26-27-24(29)31-16-23(30)25-19-7-4-6-18(2)14-19/h4-14H,15-16H2,1-3H3,(H,25,30). The minimum Gasteiger partial charge on any atom is -0.354 e. The summed E-state index contributed by atoms with van der Waals surface area (Å²) in [6.45, 7) is 4.06. The molecule has 4 aromatic rings. The lowest BCUT2D eigenvalue weighted by atomic mass is 10.2. The largest absolute Gasteiger partial charge is 0.354 e. The molecule has 2 aromatic carbocycles. The number of benzene rings is 2. The molecule has 7 heteroatoms. The zero-order valence-electron chi connectivity index (χ0n) is 17.9. The molecule has 2 aromatic heterocycles. The van der Waals surface area contributed by atoms with Crippen LogP contribution in [0.15, 0.2) is 72.0 Å². The molecule has 0 radical (unpaired) electrons. The van der Waals surface area contributed by atoms with Gasteiger partial charge >= 0.3 is 0 Å². The molecule has 0 unspecified atom stereocenters. The summed E-state index contributed by atoms with van der Waals surface area (Å²) in [6, 6.07) is 20.1. The van der Waals surface area contributed by atoms with Crippen LogP contribution in [0.4, 0.5) is 5.69 Å². The summed E-state index contributed by atoms with van der Waals surface area (Å²) >= 11 is 1.39. The first-order valence-corrected chi connectivity index (χ1v) is 11.1. The monoisotopic (exact) mass is 431 g/mol. The number of hydrogen-bond donors (Lipinski definition) is 1. The van der Waals surface area contributed by atoms with E-state index in [4.69, 9.17) is 0 Å². The first kappa shape index (κ1) is 20.9. The van der Waals surface area contributed by atoms with Crippen LogP contribution < -0.4 is 5.32 Å². The maximum absolute atomic E-state index is 12.5. The van der Waals surface area contributed by atoms with E-state index in [2.05, 4.69) is 57.3 Å². The summed E-state index contributed by atoms with van der Waals surface area (Å²) in [4.78, 5) is 12.5. The molecule has 1 N–H and O–H groups in total. The molecule has 0 spiro atoms. The van der Waals surface area contributed by atoms with E-state index < -0.39 is 0 Å². The highest BCUT2D eigenvalue weighted by atomic mass is 32.2. The van der Waals surface area contributed by atoms with Crippen molar-refractivity contribution >= 4 is 23.4 Å². The van der Waals surface area contributed by atoms with E-state index in [0.717, 1.165) is 28.5 Å². The van der Waals surface area contributed by atoms with Gasteiger partial charge in [0.25, 0.3) is 0 Å². The van der Waals surface area contributed by atoms with E-state index in [-0.39, 0.29) is 11.7 Å². The van der Waals surface area contributed by atoms with Gasteiger partial charge in [-0.05, 0) is 55.8 Å². The normalized spacial score (nSPS) is 10.9. The number of carbonyl (C=O) groups is 1. The second-order valence-corrected chi connectivity index (χ2v) is 8.51. The number of nitrogens with one attached hydrogen (secondary N) is 1. The topological polar surface area (TPSA) is 64.7 Å². The highest BCUT2D eigenvalue weighted by molar-refractivity contribution is 7.99. The molecule has 0 aliphatic rings. The molecule has 0 bridgehead atoms. The van der Waals surface area contributed by atoms with Gasteiger partial charge in [-0.2, -0.15) is 0 Å². The number of aryl methyl sites for hydroxylation is 3. The van der Waals surface area contributed by atoms with Gasteiger partial charge in [0.15, 0.2) is 5.16 Å². The van der Waals surface area contributed by atoms with E-state index in [1.807, 2.05) is 55.1 Å². The first-order chi connectivity index (χ1) is 15.0. The summed E-state index contributed by atoms with van der Waals surface area (Å²) in [5.41, 5.74) is 5.23. The molecular weight excluding hydrogens is 406 g/mol. The van der Waals surface area contributed by atoms with Gasteiger partial charge in [0.2, 0.25) is 5.91 Å². The van der Waals surface area contributed by atoms with Crippen LogP contribution in [-0.4, -0.2) is 31.0 Å². The van der Waals surface area contributed by atoms with Crippen molar-refractivity contribution in [3.63, 3.8) is 0 Å². The predicted octanol–water partition coefficient (Wildman–Crippen LogP) is 4.54. The van der Waals surface area contributed by atoms with Crippen LogP contribution >= 0.6 is 11.8 Å². The van der Waals surface area contributed by atoms with Gasteiger partial charge in [-0.1, -0.05) is 41.6 Å². The fraction of sp³-hybridized carbons (Fsp3) is 0.208. The van der Waals surface area contributed by atoms with Crippen molar-refractivity contribution in [2.75, 3.05) is 11.1 Å². The van der Waals surface area contributed by atoms with Gasteiger partial charge in [0, 0.05) is 36.7 Å². The number of carbonyl (C=O) groups excluding carboxylic acids is 1. The van der Waals surface area contributed by atoms with Crippen LogP contribution in [0.2, 0.25) is 0 Å². The minimum absolute atomic E-state index is 0.0713. The van der Waals surface area contributed by atoms with E-state index in [1.54, 1.807) is 0 Å². The number of nitrogens with zero attached hydrogens (tertiary/aromatic N) is 4. The second-order valence-electron chi connectivity index (χ2n) is 7.56. The fourth-order valence-electron chi connectivity index (χ4n) is 3.35. The Bertz CT molecular complexity index is 1190. The van der Waals surface area contributed by atoms with Crippen LogP contribution in [0.3, 0.4) is 0 Å². The summed E-state index contributed by atoms with van der Waals surface area (Å²) in [6.07, 6.45) is 2.67. The molecular formula is C24H25N5OS. The van der Waals surface area contributed by atoms with Crippen molar-refractivity contribution < 1.29 is 4.79 Å². The van der Waals surface area contributed by atoms with Gasteiger partial charge in [-0.15, -0.1) is 10.2 Å². The Kier molecular flexibility index (Phi) is 6.23. The molecule has 0 fully saturated rings. The van der Waals surface area contributed by atoms with Crippen molar-refractivity contribution in [3.8, 4) is 5.69 Å². The average Bonchev–Trinajstić information content (AvgIpc) is 3.33. The van der Waals surface area contributed by atoms with E-state index in [9.17, 15) is 4.79 Å². The van der Waals surface area contributed by atoms with E-state index in [1.165, 1.54) is 17.3 Å². The molecule has 0 atom stereocenters. The van der Waals surface area contributed by atoms with Crippen molar-refractivity contribution in [2.45, 2.75) is 25.4 Å². The molecule has 31 heavy (non-hydrogen) atoms. The zero-order valence-corrected chi connectivity index (χ0v) is 18.7. The summed E-state index contributed by atoms with van der Waals surface area (Å²) in [5, 5.41) is 12.5. The van der Waals surface area contributed by atoms with Gasteiger partial charge in [0.05, 0.1) is 5.75 Å². The Morgan fingerprint density at radius 3 is 2.52 bits per heavy atom. The third-order valence-electron chi connectivity index (χ3n) is 5.02. The lowest BCUT2D eigenvalue weighted by molar-refractivity contribution is -0.113. The maximum Gasteiger partial charge on any atom is 0.234 e. The molecule has 0 saturated carbocycles. The number of amides is 1. The number of anilines is 1. The van der Waals surface area contributed by atoms with Crippen molar-refractivity contribution in [1.29, 1.82) is 0 Å². The van der Waals surface area contributed by atoms with Crippen LogP contribution in [0.5, 0.6) is 0 Å². The van der Waals surface area contributed by atoms with Gasteiger partial charge < -0.3 is 9.88 Å². The summed E-state index contributed by atoms with van der Waals surface area (Å²) in [5.74, 6) is 1.02. The Balaban J connectivity index is 1.56. The van der Waals surface area contributed by atoms with Crippen LogP contribution in [0, 0.1) is 13.8 Å². The van der Waals surface area contributed by atoms with Crippen LogP contribution in [0.1, 0.15) is 22.6 Å². The molecule has 0 aliphatic carbocycles. The minimum atomic E-state index is -0.0713. The zero-order chi connectivity index (χ0) is 21.8. The molecule has 0 aliphatic heterocycles.